The second kappa shape index (κ2) is 6.00. The minimum Gasteiger partial charge on any atom is -0.320 e. The Labute approximate surface area is 97.6 Å². The summed E-state index contributed by atoms with van der Waals surface area (Å²) in [5, 5.41) is 0. The predicted molar refractivity (Wildman–Crippen MR) is 58.0 cm³/mol. The van der Waals surface area contributed by atoms with Gasteiger partial charge < -0.3 is 5.73 Å². The van der Waals surface area contributed by atoms with Crippen molar-refractivity contribution in [1.29, 1.82) is 0 Å². The summed E-state index contributed by atoms with van der Waals surface area (Å²) >= 11 is 0. The van der Waals surface area contributed by atoms with Gasteiger partial charge in [0.25, 0.3) is 0 Å². The summed E-state index contributed by atoms with van der Waals surface area (Å²) in [6.07, 6.45) is -3.16. The summed E-state index contributed by atoms with van der Waals surface area (Å²) in [4.78, 5) is 0. The molecule has 1 aromatic rings. The highest BCUT2D eigenvalue weighted by atomic mass is 19.4. The van der Waals surface area contributed by atoms with Crippen LogP contribution in [0.5, 0.6) is 0 Å². The van der Waals surface area contributed by atoms with Gasteiger partial charge in [0.2, 0.25) is 0 Å². The second-order valence-corrected chi connectivity index (χ2v) is 3.99. The Morgan fingerprint density at radius 1 is 1.12 bits per heavy atom. The SMILES string of the molecule is N[C@@H](CCCCc1ccccc1F)C(F)(F)F. The fourth-order valence-electron chi connectivity index (χ4n) is 1.54. The summed E-state index contributed by atoms with van der Waals surface area (Å²) in [6, 6.07) is 4.50. The summed E-state index contributed by atoms with van der Waals surface area (Å²) in [5.74, 6) is -0.312. The molecule has 2 N–H and O–H groups in total. The normalized spacial score (nSPS) is 13.7. The fraction of sp³-hybridized carbons (Fsp3) is 0.500. The van der Waals surface area contributed by atoms with Crippen molar-refractivity contribution in [3.8, 4) is 0 Å². The molecule has 0 saturated heterocycles. The molecular weight excluding hydrogens is 234 g/mol. The lowest BCUT2D eigenvalue weighted by Crippen LogP contribution is -2.37. The van der Waals surface area contributed by atoms with Gasteiger partial charge >= 0.3 is 6.18 Å². The number of rotatable bonds is 5. The van der Waals surface area contributed by atoms with Crippen LogP contribution in [-0.2, 0) is 6.42 Å². The van der Waals surface area contributed by atoms with E-state index < -0.39 is 12.2 Å². The van der Waals surface area contributed by atoms with Crippen molar-refractivity contribution >= 4 is 0 Å². The monoisotopic (exact) mass is 249 g/mol. The van der Waals surface area contributed by atoms with Crippen LogP contribution in [0, 0.1) is 5.82 Å². The molecule has 17 heavy (non-hydrogen) atoms. The number of benzene rings is 1. The van der Waals surface area contributed by atoms with Crippen LogP contribution >= 0.6 is 0 Å². The topological polar surface area (TPSA) is 26.0 Å². The van der Waals surface area contributed by atoms with E-state index in [2.05, 4.69) is 0 Å². The molecular formula is C12H15F4N. The number of hydrogen-bond acceptors (Lipinski definition) is 1. The first-order chi connectivity index (χ1) is 7.91. The first-order valence-electron chi connectivity index (χ1n) is 5.47. The van der Waals surface area contributed by atoms with Crippen LogP contribution in [-0.4, -0.2) is 12.2 Å². The molecule has 1 rings (SSSR count). The second-order valence-electron chi connectivity index (χ2n) is 3.99. The number of halogens is 4. The van der Waals surface area contributed by atoms with E-state index >= 15 is 0 Å². The molecule has 0 aliphatic heterocycles. The van der Waals surface area contributed by atoms with Gasteiger partial charge in [-0.05, 0) is 30.9 Å². The maximum atomic E-state index is 13.2. The zero-order valence-electron chi connectivity index (χ0n) is 9.30. The van der Waals surface area contributed by atoms with Gasteiger partial charge in [0.05, 0.1) is 0 Å². The molecule has 96 valence electrons. The van der Waals surface area contributed by atoms with Crippen molar-refractivity contribution in [3.05, 3.63) is 35.6 Å². The van der Waals surface area contributed by atoms with Crippen LogP contribution < -0.4 is 5.73 Å². The molecule has 5 heteroatoms. The maximum absolute atomic E-state index is 13.2. The van der Waals surface area contributed by atoms with Gasteiger partial charge in [0.15, 0.2) is 0 Å². The first-order valence-corrected chi connectivity index (χ1v) is 5.47. The molecule has 0 aliphatic carbocycles. The molecule has 0 bridgehead atoms. The van der Waals surface area contributed by atoms with Crippen LogP contribution in [0.25, 0.3) is 0 Å². The third kappa shape index (κ3) is 4.73. The minimum atomic E-state index is -4.34. The molecule has 0 amide bonds. The number of nitrogens with two attached hydrogens (primary N) is 1. The molecule has 0 heterocycles. The van der Waals surface area contributed by atoms with Gasteiger partial charge in [-0.3, -0.25) is 0 Å². The van der Waals surface area contributed by atoms with Crippen molar-refractivity contribution in [2.75, 3.05) is 0 Å². The zero-order chi connectivity index (χ0) is 12.9. The van der Waals surface area contributed by atoms with Crippen LogP contribution in [0.1, 0.15) is 24.8 Å². The van der Waals surface area contributed by atoms with Crippen molar-refractivity contribution in [1.82, 2.24) is 0 Å². The van der Waals surface area contributed by atoms with Gasteiger partial charge in [-0.15, -0.1) is 0 Å². The van der Waals surface area contributed by atoms with E-state index in [1.807, 2.05) is 0 Å². The third-order valence-corrected chi connectivity index (χ3v) is 2.59. The van der Waals surface area contributed by atoms with E-state index in [0.29, 0.717) is 24.8 Å². The molecule has 1 nitrogen and oxygen atoms in total. The highest BCUT2D eigenvalue weighted by Crippen LogP contribution is 2.22. The predicted octanol–water partition coefficient (Wildman–Crippen LogP) is 3.43. The van der Waals surface area contributed by atoms with Crippen molar-refractivity contribution < 1.29 is 17.6 Å². The molecule has 0 aliphatic rings. The minimum absolute atomic E-state index is 0.113. The van der Waals surface area contributed by atoms with E-state index in [9.17, 15) is 17.6 Å². The Hall–Kier alpha value is -1.10. The fourth-order valence-corrected chi connectivity index (χ4v) is 1.54. The molecule has 1 atom stereocenters. The summed E-state index contributed by atoms with van der Waals surface area (Å²) in [7, 11) is 0. The lowest BCUT2D eigenvalue weighted by atomic mass is 10.0. The van der Waals surface area contributed by atoms with Gasteiger partial charge in [0, 0.05) is 0 Å². The maximum Gasteiger partial charge on any atom is 0.403 e. The van der Waals surface area contributed by atoms with Crippen LogP contribution in [0.15, 0.2) is 24.3 Å². The summed E-state index contributed by atoms with van der Waals surface area (Å²) in [5.41, 5.74) is 5.50. The van der Waals surface area contributed by atoms with Gasteiger partial charge in [-0.1, -0.05) is 24.6 Å². The van der Waals surface area contributed by atoms with Crippen molar-refractivity contribution in [3.63, 3.8) is 0 Å². The zero-order valence-corrected chi connectivity index (χ0v) is 9.30. The number of unbranched alkanes of at least 4 members (excludes halogenated alkanes) is 1. The quantitative estimate of drug-likeness (QED) is 0.628. The van der Waals surface area contributed by atoms with Gasteiger partial charge in [0.1, 0.15) is 11.9 Å². The molecule has 0 saturated carbocycles. The van der Waals surface area contributed by atoms with Crippen LogP contribution in [0.3, 0.4) is 0 Å². The van der Waals surface area contributed by atoms with E-state index in [-0.39, 0.29) is 12.2 Å². The van der Waals surface area contributed by atoms with E-state index in [4.69, 9.17) is 5.73 Å². The highest BCUT2D eigenvalue weighted by molar-refractivity contribution is 5.17. The first kappa shape index (κ1) is 14.0. The molecule has 0 fully saturated rings. The van der Waals surface area contributed by atoms with Gasteiger partial charge in [-0.2, -0.15) is 13.2 Å². The number of hydrogen-bond donors (Lipinski definition) is 1. The van der Waals surface area contributed by atoms with Crippen LogP contribution in [0.4, 0.5) is 17.6 Å². The van der Waals surface area contributed by atoms with Crippen LogP contribution in [0.2, 0.25) is 0 Å². The van der Waals surface area contributed by atoms with Crippen molar-refractivity contribution in [2.45, 2.75) is 37.9 Å². The standard InChI is InChI=1S/C12H15F4N/c13-10-7-3-1-5-9(10)6-2-4-8-11(17)12(14,15)16/h1,3,5,7,11H,2,4,6,8,17H2/t11-/m0/s1. The van der Waals surface area contributed by atoms with E-state index in [0.717, 1.165) is 0 Å². The number of aryl methyl sites for hydroxylation is 1. The lowest BCUT2D eigenvalue weighted by molar-refractivity contribution is -0.149. The van der Waals surface area contributed by atoms with E-state index in [1.54, 1.807) is 18.2 Å². The molecule has 0 spiro atoms. The third-order valence-electron chi connectivity index (χ3n) is 2.59. The Balaban J connectivity index is 2.28. The largest absolute Gasteiger partial charge is 0.403 e. The molecule has 0 radical (unpaired) electrons. The lowest BCUT2D eigenvalue weighted by Gasteiger charge is -2.14. The van der Waals surface area contributed by atoms with Gasteiger partial charge in [-0.25, -0.2) is 4.39 Å². The average molecular weight is 249 g/mol. The van der Waals surface area contributed by atoms with Crippen molar-refractivity contribution in [2.24, 2.45) is 5.73 Å². The smallest absolute Gasteiger partial charge is 0.320 e. The van der Waals surface area contributed by atoms with E-state index in [1.165, 1.54) is 6.07 Å². The molecule has 0 unspecified atom stereocenters. The Kier molecular flexibility index (Phi) is 4.93. The molecule has 1 aromatic carbocycles. The Morgan fingerprint density at radius 3 is 2.35 bits per heavy atom. The Bertz CT molecular complexity index is 349. The Morgan fingerprint density at radius 2 is 1.76 bits per heavy atom. The highest BCUT2D eigenvalue weighted by Gasteiger charge is 2.35. The summed E-state index contributed by atoms with van der Waals surface area (Å²) in [6.45, 7) is 0. The molecule has 0 aromatic heterocycles. The number of alkyl halides is 3. The summed E-state index contributed by atoms with van der Waals surface area (Å²) < 4.78 is 49.4. The average Bonchev–Trinajstić information content (AvgIpc) is 2.25.